The maximum Gasteiger partial charge on any atom is 0.365 e. The SMILES string of the molecule is O=C([O-])Cc1ccc(Nc2nc3cc(F)ccc3[s+]2Cl)cc1F. The van der Waals surface area contributed by atoms with Gasteiger partial charge in [0.15, 0.2) is 0 Å². The molecule has 0 aliphatic rings. The monoisotopic (exact) mass is 354 g/mol. The average molecular weight is 355 g/mol. The van der Waals surface area contributed by atoms with Gasteiger partial charge in [-0.1, -0.05) is 6.07 Å². The summed E-state index contributed by atoms with van der Waals surface area (Å²) in [5, 5.41) is 13.8. The Morgan fingerprint density at radius 1 is 1.26 bits per heavy atom. The number of rotatable bonds is 4. The van der Waals surface area contributed by atoms with E-state index in [2.05, 4.69) is 10.3 Å². The van der Waals surface area contributed by atoms with Crippen LogP contribution in [0.5, 0.6) is 0 Å². The highest BCUT2D eigenvalue weighted by Crippen LogP contribution is 2.42. The van der Waals surface area contributed by atoms with Crippen LogP contribution in [0.2, 0.25) is 0 Å². The molecular weight excluding hydrogens is 346 g/mol. The van der Waals surface area contributed by atoms with Crippen molar-refractivity contribution in [2.45, 2.75) is 6.42 Å². The Morgan fingerprint density at radius 3 is 2.74 bits per heavy atom. The third-order valence-electron chi connectivity index (χ3n) is 3.14. The molecule has 0 aliphatic heterocycles. The first kappa shape index (κ1) is 15.6. The molecule has 0 radical (unpaired) electrons. The van der Waals surface area contributed by atoms with Gasteiger partial charge in [0.25, 0.3) is 0 Å². The zero-order valence-corrected chi connectivity index (χ0v) is 13.0. The van der Waals surface area contributed by atoms with E-state index in [9.17, 15) is 18.7 Å². The number of hydrogen-bond donors (Lipinski definition) is 1. The molecule has 4 nitrogen and oxygen atoms in total. The number of nitrogens with one attached hydrogen (secondary N) is 1. The maximum atomic E-state index is 13.8. The number of aromatic nitrogens is 1. The lowest BCUT2D eigenvalue weighted by atomic mass is 10.1. The number of nitrogens with zero attached hydrogens (tertiary/aromatic N) is 1. The second kappa shape index (κ2) is 6.10. The lowest BCUT2D eigenvalue weighted by Gasteiger charge is -2.06. The minimum atomic E-state index is -1.36. The zero-order chi connectivity index (χ0) is 16.6. The highest BCUT2D eigenvalue weighted by molar-refractivity contribution is 7.68. The van der Waals surface area contributed by atoms with Crippen LogP contribution in [0.3, 0.4) is 0 Å². The van der Waals surface area contributed by atoms with Gasteiger partial charge < -0.3 is 9.90 Å². The summed E-state index contributed by atoms with van der Waals surface area (Å²) < 4.78 is 27.7. The lowest BCUT2D eigenvalue weighted by molar-refractivity contribution is -0.304. The van der Waals surface area contributed by atoms with E-state index in [0.29, 0.717) is 21.0 Å². The highest BCUT2D eigenvalue weighted by atomic mass is 35.7. The standard InChI is InChI=1S/C15H9ClF2N2O2S/c16-23-13-4-2-9(17)6-12(13)20-15(23)19-10-3-1-8(5-14(21)22)11(18)7-10/h1-4,6-7H,5H2,(H-,19,20,21,22). The molecule has 1 aromatic heterocycles. The van der Waals surface area contributed by atoms with Crippen LogP contribution in [0.1, 0.15) is 5.56 Å². The van der Waals surface area contributed by atoms with Crippen LogP contribution in [0.25, 0.3) is 10.2 Å². The number of halogens is 3. The molecule has 8 heteroatoms. The molecule has 3 rings (SSSR count). The smallest absolute Gasteiger partial charge is 0.365 e. The van der Waals surface area contributed by atoms with E-state index < -0.39 is 33.7 Å². The van der Waals surface area contributed by atoms with Gasteiger partial charge in [0, 0.05) is 30.2 Å². The van der Waals surface area contributed by atoms with E-state index in [4.69, 9.17) is 10.7 Å². The van der Waals surface area contributed by atoms with Crippen molar-refractivity contribution in [3.63, 3.8) is 0 Å². The van der Waals surface area contributed by atoms with Crippen LogP contribution < -0.4 is 10.4 Å². The molecule has 3 aromatic rings. The fourth-order valence-corrected chi connectivity index (χ4v) is 3.78. The van der Waals surface area contributed by atoms with Gasteiger partial charge in [-0.2, -0.15) is 4.98 Å². The van der Waals surface area contributed by atoms with Gasteiger partial charge in [-0.3, -0.25) is 5.32 Å². The highest BCUT2D eigenvalue weighted by Gasteiger charge is 2.22. The third kappa shape index (κ3) is 3.25. The van der Waals surface area contributed by atoms with Gasteiger partial charge in [-0.25, -0.2) is 8.78 Å². The molecule has 2 aromatic carbocycles. The summed E-state index contributed by atoms with van der Waals surface area (Å²) in [6.45, 7) is 0. The Morgan fingerprint density at radius 2 is 2.04 bits per heavy atom. The number of benzene rings is 2. The summed E-state index contributed by atoms with van der Waals surface area (Å²) in [7, 11) is 5.39. The van der Waals surface area contributed by atoms with E-state index >= 15 is 0 Å². The van der Waals surface area contributed by atoms with Gasteiger partial charge >= 0.3 is 5.13 Å². The van der Waals surface area contributed by atoms with Crippen molar-refractivity contribution in [3.8, 4) is 0 Å². The molecule has 23 heavy (non-hydrogen) atoms. The molecule has 1 heterocycles. The molecule has 0 aliphatic carbocycles. The molecule has 1 N–H and O–H groups in total. The Kier molecular flexibility index (Phi) is 4.14. The van der Waals surface area contributed by atoms with Crippen LogP contribution in [-0.4, -0.2) is 11.0 Å². The van der Waals surface area contributed by atoms with Gasteiger partial charge in [0.2, 0.25) is 15.4 Å². The zero-order valence-electron chi connectivity index (χ0n) is 11.5. The van der Waals surface area contributed by atoms with Crippen molar-refractivity contribution in [3.05, 3.63) is 53.6 Å². The Labute approximate surface area is 136 Å². The van der Waals surface area contributed by atoms with Crippen molar-refractivity contribution in [1.29, 1.82) is 0 Å². The Balaban J connectivity index is 1.91. The van der Waals surface area contributed by atoms with Gasteiger partial charge in [0.1, 0.15) is 26.8 Å². The summed E-state index contributed by atoms with van der Waals surface area (Å²) in [4.78, 5) is 14.7. The van der Waals surface area contributed by atoms with E-state index in [1.54, 1.807) is 6.07 Å². The fourth-order valence-electron chi connectivity index (χ4n) is 2.10. The normalized spacial score (nSPS) is 11.7. The number of carbonyl (C=O) groups is 1. The molecule has 1 atom stereocenters. The number of carboxylic acid groups (broad SMARTS) is 1. The second-order valence-corrected chi connectivity index (χ2v) is 7.03. The van der Waals surface area contributed by atoms with Crippen molar-refractivity contribution in [2.24, 2.45) is 0 Å². The molecule has 0 spiro atoms. The third-order valence-corrected chi connectivity index (χ3v) is 5.35. The van der Waals surface area contributed by atoms with Gasteiger partial charge in [0.05, 0.1) is 0 Å². The number of thiazole rings is 1. The molecule has 0 amide bonds. The van der Waals surface area contributed by atoms with Crippen molar-refractivity contribution in [1.82, 2.24) is 4.98 Å². The summed E-state index contributed by atoms with van der Waals surface area (Å²) in [5.74, 6) is -2.44. The lowest BCUT2D eigenvalue weighted by Crippen LogP contribution is -2.24. The largest absolute Gasteiger partial charge is 0.550 e. The summed E-state index contributed by atoms with van der Waals surface area (Å²) in [6, 6.07) is 8.15. The van der Waals surface area contributed by atoms with Gasteiger partial charge in [-0.15, -0.1) is 0 Å². The predicted octanol–water partition coefficient (Wildman–Crippen LogP) is 3.30. The number of anilines is 2. The first-order chi connectivity index (χ1) is 10.9. The molecule has 0 saturated carbocycles. The molecule has 0 bridgehead atoms. The van der Waals surface area contributed by atoms with Crippen LogP contribution in [0.4, 0.5) is 19.6 Å². The van der Waals surface area contributed by atoms with E-state index in [0.717, 1.165) is 6.07 Å². The maximum absolute atomic E-state index is 13.8. The first-order valence-electron chi connectivity index (χ1n) is 6.48. The number of aliphatic carboxylic acids is 1. The summed E-state index contributed by atoms with van der Waals surface area (Å²) in [5.41, 5.74) is 0.828. The number of fused-ring (bicyclic) bond motifs is 1. The molecule has 0 saturated heterocycles. The fraction of sp³-hybridized carbons (Fsp3) is 0.0667. The minimum absolute atomic E-state index is 0.0270. The summed E-state index contributed by atoms with van der Waals surface area (Å²) in [6.07, 6.45) is -0.502. The van der Waals surface area contributed by atoms with Crippen LogP contribution in [0.15, 0.2) is 36.4 Å². The quantitative estimate of drug-likeness (QED) is 0.730. The van der Waals surface area contributed by atoms with Crippen LogP contribution >= 0.6 is 20.4 Å². The Hall–Kier alpha value is -2.25. The molecular formula is C15H9ClF2N2O2S. The first-order valence-corrected chi connectivity index (χ1v) is 8.53. The average Bonchev–Trinajstić information content (AvgIpc) is 2.77. The van der Waals surface area contributed by atoms with Crippen LogP contribution in [0, 0.1) is 11.6 Å². The minimum Gasteiger partial charge on any atom is -0.550 e. The van der Waals surface area contributed by atoms with Crippen molar-refractivity contribution >= 4 is 47.4 Å². The van der Waals surface area contributed by atoms with E-state index in [1.165, 1.54) is 24.3 Å². The van der Waals surface area contributed by atoms with Crippen molar-refractivity contribution in [2.75, 3.05) is 5.32 Å². The summed E-state index contributed by atoms with van der Waals surface area (Å²) >= 11 is 0. The molecule has 0 fully saturated rings. The number of carbonyl (C=O) groups excluding carboxylic acids is 1. The number of carboxylic acids is 1. The molecule has 118 valence electrons. The van der Waals surface area contributed by atoms with Gasteiger partial charge in [-0.05, 0) is 23.8 Å². The topological polar surface area (TPSA) is 65.0 Å². The van der Waals surface area contributed by atoms with Crippen LogP contribution in [-0.2, 0) is 11.2 Å². The molecule has 1 unspecified atom stereocenters. The Bertz CT molecular complexity index is 914. The number of hydrogen-bond acceptors (Lipinski definition) is 4. The second-order valence-electron chi connectivity index (χ2n) is 4.77. The van der Waals surface area contributed by atoms with Crippen molar-refractivity contribution < 1.29 is 18.7 Å². The van der Waals surface area contributed by atoms with E-state index in [1.807, 2.05) is 0 Å². The predicted molar refractivity (Wildman–Crippen MR) is 83.8 cm³/mol. The van der Waals surface area contributed by atoms with E-state index in [-0.39, 0.29) is 5.56 Å².